The minimum absolute atomic E-state index is 0.00594. The van der Waals surface area contributed by atoms with Gasteiger partial charge in [-0.05, 0) is 30.7 Å². The molecule has 1 atom stereocenters. The summed E-state index contributed by atoms with van der Waals surface area (Å²) >= 11 is 0. The lowest BCUT2D eigenvalue weighted by atomic mass is 9.71. The highest BCUT2D eigenvalue weighted by molar-refractivity contribution is 5.94. The number of carbonyl (C=O) groups is 1. The number of aryl methyl sites for hydroxylation is 1. The van der Waals surface area contributed by atoms with Crippen molar-refractivity contribution in [1.29, 1.82) is 0 Å². The first-order valence-electron chi connectivity index (χ1n) is 10.2. The number of hydrogen-bond donors (Lipinski definition) is 0. The Balaban J connectivity index is 1.35. The van der Waals surface area contributed by atoms with Crippen molar-refractivity contribution in [1.82, 2.24) is 19.9 Å². The fraction of sp³-hybridized carbons (Fsp3) is 0.348. The monoisotopic (exact) mass is 424 g/mol. The third-order valence-corrected chi connectivity index (χ3v) is 6.27. The lowest BCUT2D eigenvalue weighted by Gasteiger charge is -2.50. The van der Waals surface area contributed by atoms with Gasteiger partial charge in [0.2, 0.25) is 5.89 Å². The van der Waals surface area contributed by atoms with Crippen molar-refractivity contribution in [2.45, 2.75) is 19.4 Å². The zero-order valence-electron chi connectivity index (χ0n) is 17.1. The highest BCUT2D eigenvalue weighted by Gasteiger charge is 2.57. The molecule has 0 aliphatic carbocycles. The zero-order chi connectivity index (χ0) is 21.6. The summed E-state index contributed by atoms with van der Waals surface area (Å²) < 4.78 is 32.3. The average molecular weight is 424 g/mol. The molecule has 0 saturated carbocycles. The summed E-state index contributed by atoms with van der Waals surface area (Å²) in [5, 5.41) is 3.95. The molecule has 5 rings (SSSR count). The molecule has 2 fully saturated rings. The summed E-state index contributed by atoms with van der Waals surface area (Å²) in [5.41, 5.74) is 1.16. The first-order chi connectivity index (χ1) is 14.9. The number of likely N-dealkylation sites (tertiary alicyclic amines) is 2. The van der Waals surface area contributed by atoms with Gasteiger partial charge in [0.25, 0.3) is 5.91 Å². The molecule has 0 N–H and O–H groups in total. The van der Waals surface area contributed by atoms with Crippen LogP contribution in [-0.4, -0.2) is 52.0 Å². The van der Waals surface area contributed by atoms with Crippen LogP contribution in [0.3, 0.4) is 0 Å². The van der Waals surface area contributed by atoms with Gasteiger partial charge in [-0.25, -0.2) is 8.78 Å². The molecule has 3 heterocycles. The third-order valence-electron chi connectivity index (χ3n) is 6.27. The number of carbonyl (C=O) groups excluding carboxylic acids is 1. The van der Waals surface area contributed by atoms with Gasteiger partial charge in [0.1, 0.15) is 0 Å². The molecule has 1 amide bonds. The van der Waals surface area contributed by atoms with E-state index in [-0.39, 0.29) is 22.8 Å². The number of amides is 1. The average Bonchev–Trinajstić information content (AvgIpc) is 3.33. The second-order valence-electron chi connectivity index (χ2n) is 8.54. The Morgan fingerprint density at radius 3 is 2.58 bits per heavy atom. The first kappa shape index (κ1) is 19.8. The molecule has 8 heteroatoms. The molecular weight excluding hydrogens is 402 g/mol. The number of nitrogens with zero attached hydrogens (tertiary/aromatic N) is 4. The molecule has 1 spiro atoms. The molecule has 3 aromatic rings. The highest BCUT2D eigenvalue weighted by atomic mass is 19.2. The van der Waals surface area contributed by atoms with Gasteiger partial charge >= 0.3 is 0 Å². The van der Waals surface area contributed by atoms with Crippen LogP contribution >= 0.6 is 0 Å². The number of aromatic nitrogens is 2. The lowest BCUT2D eigenvalue weighted by Crippen LogP contribution is -2.61. The Morgan fingerprint density at radius 1 is 1.13 bits per heavy atom. The standard InChI is InChI=1S/C23H22F2N4O2/c1-15-26-21(31-27-15)18-11-28(10-16-5-3-2-4-6-16)12-23(18)13-29(14-23)22(30)17-7-8-19(24)20(25)9-17/h2-9,18H,10-14H2,1H3. The smallest absolute Gasteiger partial charge is 0.254 e. The number of halogens is 2. The molecule has 2 aliphatic heterocycles. The van der Waals surface area contributed by atoms with Crippen molar-refractivity contribution in [2.75, 3.05) is 26.2 Å². The van der Waals surface area contributed by atoms with Crippen molar-refractivity contribution >= 4 is 5.91 Å². The Labute approximate surface area is 178 Å². The van der Waals surface area contributed by atoms with Crippen LogP contribution in [0.4, 0.5) is 8.78 Å². The summed E-state index contributed by atoms with van der Waals surface area (Å²) in [5.74, 6) is -1.10. The second-order valence-corrected chi connectivity index (χ2v) is 8.54. The van der Waals surface area contributed by atoms with Crippen LogP contribution in [0, 0.1) is 24.0 Å². The lowest BCUT2D eigenvalue weighted by molar-refractivity contribution is -0.00128. The minimum Gasteiger partial charge on any atom is -0.339 e. The maximum absolute atomic E-state index is 13.6. The molecule has 2 saturated heterocycles. The number of benzene rings is 2. The minimum atomic E-state index is -1.02. The summed E-state index contributed by atoms with van der Waals surface area (Å²) in [4.78, 5) is 21.3. The molecule has 160 valence electrons. The maximum Gasteiger partial charge on any atom is 0.254 e. The van der Waals surface area contributed by atoms with E-state index in [9.17, 15) is 13.6 Å². The van der Waals surface area contributed by atoms with Gasteiger partial charge in [-0.2, -0.15) is 4.98 Å². The Bertz CT molecular complexity index is 1110. The fourth-order valence-electron chi connectivity index (χ4n) is 4.82. The van der Waals surface area contributed by atoms with E-state index in [0.717, 1.165) is 31.8 Å². The van der Waals surface area contributed by atoms with E-state index in [2.05, 4.69) is 27.2 Å². The summed E-state index contributed by atoms with van der Waals surface area (Å²) in [6.45, 7) is 5.13. The summed E-state index contributed by atoms with van der Waals surface area (Å²) in [6, 6.07) is 13.5. The summed E-state index contributed by atoms with van der Waals surface area (Å²) in [6.07, 6.45) is 0. The van der Waals surface area contributed by atoms with E-state index in [0.29, 0.717) is 24.8 Å². The van der Waals surface area contributed by atoms with Crippen LogP contribution in [0.2, 0.25) is 0 Å². The quantitative estimate of drug-likeness (QED) is 0.643. The third kappa shape index (κ3) is 3.61. The number of hydrogen-bond acceptors (Lipinski definition) is 5. The van der Waals surface area contributed by atoms with Crippen molar-refractivity contribution in [3.8, 4) is 0 Å². The molecule has 0 bridgehead atoms. The van der Waals surface area contributed by atoms with Crippen LogP contribution in [0.1, 0.15) is 33.6 Å². The largest absolute Gasteiger partial charge is 0.339 e. The van der Waals surface area contributed by atoms with Crippen molar-refractivity contribution < 1.29 is 18.1 Å². The van der Waals surface area contributed by atoms with Gasteiger partial charge in [0.15, 0.2) is 17.5 Å². The Hall–Kier alpha value is -3.13. The fourth-order valence-corrected chi connectivity index (χ4v) is 4.82. The molecular formula is C23H22F2N4O2. The van der Waals surface area contributed by atoms with Crippen LogP contribution in [0.25, 0.3) is 0 Å². The molecule has 2 aromatic carbocycles. The van der Waals surface area contributed by atoms with Crippen molar-refractivity contribution in [2.24, 2.45) is 5.41 Å². The highest BCUT2D eigenvalue weighted by Crippen LogP contribution is 2.49. The van der Waals surface area contributed by atoms with Gasteiger partial charge in [0.05, 0.1) is 5.92 Å². The Morgan fingerprint density at radius 2 is 1.90 bits per heavy atom. The maximum atomic E-state index is 13.6. The topological polar surface area (TPSA) is 62.5 Å². The molecule has 31 heavy (non-hydrogen) atoms. The van der Waals surface area contributed by atoms with Gasteiger partial charge in [-0.1, -0.05) is 35.5 Å². The van der Waals surface area contributed by atoms with Crippen molar-refractivity contribution in [3.63, 3.8) is 0 Å². The van der Waals surface area contributed by atoms with E-state index in [4.69, 9.17) is 4.52 Å². The molecule has 2 aliphatic rings. The molecule has 1 unspecified atom stereocenters. The normalized spacial score (nSPS) is 20.2. The summed E-state index contributed by atoms with van der Waals surface area (Å²) in [7, 11) is 0. The van der Waals surface area contributed by atoms with E-state index >= 15 is 0 Å². The van der Waals surface area contributed by atoms with Crippen LogP contribution in [0.5, 0.6) is 0 Å². The number of rotatable bonds is 4. The molecule has 1 aromatic heterocycles. The van der Waals surface area contributed by atoms with Gasteiger partial charge < -0.3 is 9.42 Å². The predicted octanol–water partition coefficient (Wildman–Crippen LogP) is 3.40. The van der Waals surface area contributed by atoms with Gasteiger partial charge in [-0.3, -0.25) is 9.69 Å². The second kappa shape index (κ2) is 7.53. The van der Waals surface area contributed by atoms with Crippen molar-refractivity contribution in [3.05, 3.63) is 83.0 Å². The van der Waals surface area contributed by atoms with Crippen LogP contribution < -0.4 is 0 Å². The molecule has 6 nitrogen and oxygen atoms in total. The first-order valence-corrected chi connectivity index (χ1v) is 10.2. The van der Waals surface area contributed by atoms with E-state index in [1.165, 1.54) is 11.6 Å². The van der Waals surface area contributed by atoms with Crippen LogP contribution in [-0.2, 0) is 6.54 Å². The van der Waals surface area contributed by atoms with Gasteiger partial charge in [0, 0.05) is 43.7 Å². The van der Waals surface area contributed by atoms with E-state index < -0.39 is 11.6 Å². The predicted molar refractivity (Wildman–Crippen MR) is 108 cm³/mol. The SMILES string of the molecule is Cc1noc(C2CN(Cc3ccccc3)CC23CN(C(=O)c2ccc(F)c(F)c2)C3)n1. The van der Waals surface area contributed by atoms with Crippen LogP contribution in [0.15, 0.2) is 53.1 Å². The zero-order valence-corrected chi connectivity index (χ0v) is 17.1. The van der Waals surface area contributed by atoms with Gasteiger partial charge in [-0.15, -0.1) is 0 Å². The molecule has 0 radical (unpaired) electrons. The van der Waals surface area contributed by atoms with E-state index in [1.807, 2.05) is 18.2 Å². The van der Waals surface area contributed by atoms with E-state index in [1.54, 1.807) is 11.8 Å². The Kier molecular flexibility index (Phi) is 4.81.